The third kappa shape index (κ3) is 3.50. The van der Waals surface area contributed by atoms with Gasteiger partial charge in [-0.3, -0.25) is 5.10 Å². The van der Waals surface area contributed by atoms with E-state index in [2.05, 4.69) is 44.3 Å². The maximum absolute atomic E-state index is 10.6. The Morgan fingerprint density at radius 1 is 1.23 bits per heavy atom. The summed E-state index contributed by atoms with van der Waals surface area (Å²) in [7, 11) is 4.27. The van der Waals surface area contributed by atoms with E-state index < -0.39 is 0 Å². The van der Waals surface area contributed by atoms with Gasteiger partial charge in [-0.1, -0.05) is 17.4 Å². The van der Waals surface area contributed by atoms with Gasteiger partial charge in [-0.25, -0.2) is 0 Å². The molecule has 154 valence electrons. The van der Waals surface area contributed by atoms with Crippen LogP contribution >= 0.6 is 11.3 Å². The highest BCUT2D eigenvalue weighted by molar-refractivity contribution is 7.22. The van der Waals surface area contributed by atoms with E-state index in [1.165, 1.54) is 12.8 Å². The fourth-order valence-corrected chi connectivity index (χ4v) is 4.93. The topological polar surface area (TPSA) is 94.1 Å². The second-order valence-electron chi connectivity index (χ2n) is 7.80. The molecule has 8 nitrogen and oxygen atoms in total. The Bertz CT molecular complexity index is 1170. The first kappa shape index (κ1) is 19.0. The van der Waals surface area contributed by atoms with E-state index in [-0.39, 0.29) is 5.75 Å². The smallest absolute Gasteiger partial charge is 0.194 e. The maximum Gasteiger partial charge on any atom is 0.194 e. The number of phenolic OH excluding ortho intramolecular Hbond substituents is 1. The van der Waals surface area contributed by atoms with E-state index in [0.29, 0.717) is 22.9 Å². The average Bonchev–Trinajstić information content (AvgIpc) is 3.42. The van der Waals surface area contributed by atoms with E-state index in [9.17, 15) is 5.11 Å². The van der Waals surface area contributed by atoms with Crippen molar-refractivity contribution in [2.45, 2.75) is 18.9 Å². The van der Waals surface area contributed by atoms with Gasteiger partial charge in [-0.05, 0) is 50.2 Å². The minimum Gasteiger partial charge on any atom is -0.507 e. The molecule has 4 aromatic rings. The first-order valence-electron chi connectivity index (χ1n) is 9.96. The Hall–Kier alpha value is -3.04. The second kappa shape index (κ2) is 7.66. The number of thiazole rings is 1. The SMILES string of the molecule is CN1CCC[C@H](N(C)c2nc3nnc(-c4ccc(-c5cn[nH]c5)cc4O)cc3s2)C1. The summed E-state index contributed by atoms with van der Waals surface area (Å²) in [4.78, 5) is 9.33. The number of aromatic nitrogens is 5. The first-order chi connectivity index (χ1) is 14.6. The van der Waals surface area contributed by atoms with Crippen LogP contribution in [-0.2, 0) is 0 Å². The van der Waals surface area contributed by atoms with Crippen LogP contribution < -0.4 is 4.90 Å². The largest absolute Gasteiger partial charge is 0.507 e. The Morgan fingerprint density at radius 2 is 2.13 bits per heavy atom. The standard InChI is InChI=1S/C21H23N7OS/c1-27-7-3-4-15(12-27)28(2)21-24-20-19(30-21)9-17(25-26-20)16-6-5-13(8-18(16)29)14-10-22-23-11-14/h5-6,8-11,15,29H,3-4,7,12H2,1-2H3,(H,22,23)/t15-/m0/s1. The molecule has 9 heteroatoms. The zero-order valence-electron chi connectivity index (χ0n) is 16.9. The van der Waals surface area contributed by atoms with Crippen LogP contribution in [0.5, 0.6) is 5.75 Å². The molecule has 0 unspecified atom stereocenters. The lowest BCUT2D eigenvalue weighted by Crippen LogP contribution is -2.45. The zero-order chi connectivity index (χ0) is 20.7. The number of nitrogens with one attached hydrogen (secondary N) is 1. The van der Waals surface area contributed by atoms with Crippen LogP contribution in [0.4, 0.5) is 5.13 Å². The highest BCUT2D eigenvalue weighted by Gasteiger charge is 2.24. The molecule has 4 heterocycles. The molecule has 5 rings (SSSR count). The average molecular weight is 422 g/mol. The van der Waals surface area contributed by atoms with Gasteiger partial charge < -0.3 is 14.9 Å². The van der Waals surface area contributed by atoms with Gasteiger partial charge in [0.2, 0.25) is 0 Å². The summed E-state index contributed by atoms with van der Waals surface area (Å²) in [6, 6.07) is 7.93. The number of benzene rings is 1. The summed E-state index contributed by atoms with van der Waals surface area (Å²) in [5.74, 6) is 0.162. The van der Waals surface area contributed by atoms with Crippen LogP contribution in [0, 0.1) is 0 Å². The Labute approximate surface area is 178 Å². The summed E-state index contributed by atoms with van der Waals surface area (Å²) in [6.45, 7) is 2.20. The molecule has 0 saturated carbocycles. The molecule has 0 amide bonds. The highest BCUT2D eigenvalue weighted by atomic mass is 32.1. The van der Waals surface area contributed by atoms with Crippen LogP contribution in [0.2, 0.25) is 0 Å². The quantitative estimate of drug-likeness (QED) is 0.522. The fourth-order valence-electron chi connectivity index (χ4n) is 3.96. The normalized spacial score (nSPS) is 17.5. The summed E-state index contributed by atoms with van der Waals surface area (Å²) in [6.07, 6.45) is 5.89. The summed E-state index contributed by atoms with van der Waals surface area (Å²) in [5, 5.41) is 26.9. The number of hydrogen-bond acceptors (Lipinski definition) is 8. The minimum absolute atomic E-state index is 0.162. The number of piperidine rings is 1. The van der Waals surface area contributed by atoms with Gasteiger partial charge in [0, 0.05) is 37.0 Å². The van der Waals surface area contributed by atoms with Crippen molar-refractivity contribution in [3.63, 3.8) is 0 Å². The molecule has 1 fully saturated rings. The molecule has 2 N–H and O–H groups in total. The van der Waals surface area contributed by atoms with Crippen LogP contribution in [0.15, 0.2) is 36.7 Å². The molecular weight excluding hydrogens is 398 g/mol. The van der Waals surface area contributed by atoms with Gasteiger partial charge in [-0.2, -0.15) is 10.1 Å². The molecule has 1 saturated heterocycles. The molecule has 1 atom stereocenters. The lowest BCUT2D eigenvalue weighted by Gasteiger charge is -2.35. The number of likely N-dealkylation sites (N-methyl/N-ethyl adjacent to an activating group) is 2. The highest BCUT2D eigenvalue weighted by Crippen LogP contribution is 2.35. The van der Waals surface area contributed by atoms with Crippen molar-refractivity contribution in [3.05, 3.63) is 36.7 Å². The number of fused-ring (bicyclic) bond motifs is 1. The Kier molecular flexibility index (Phi) is 4.84. The first-order valence-corrected chi connectivity index (χ1v) is 10.8. The number of H-pyrrole nitrogens is 1. The van der Waals surface area contributed by atoms with Crippen LogP contribution in [0.1, 0.15) is 12.8 Å². The number of hydrogen-bond donors (Lipinski definition) is 2. The van der Waals surface area contributed by atoms with Crippen molar-refractivity contribution in [2.24, 2.45) is 0 Å². The number of aromatic amines is 1. The molecule has 0 spiro atoms. The predicted molar refractivity (Wildman–Crippen MR) is 119 cm³/mol. The molecule has 3 aromatic heterocycles. The van der Waals surface area contributed by atoms with E-state index >= 15 is 0 Å². The van der Waals surface area contributed by atoms with Gasteiger partial charge in [-0.15, -0.1) is 10.2 Å². The second-order valence-corrected chi connectivity index (χ2v) is 8.81. The van der Waals surface area contributed by atoms with Gasteiger partial charge in [0.15, 0.2) is 10.8 Å². The molecule has 1 aliphatic heterocycles. The van der Waals surface area contributed by atoms with E-state index in [4.69, 9.17) is 4.98 Å². The molecule has 30 heavy (non-hydrogen) atoms. The van der Waals surface area contributed by atoms with E-state index in [0.717, 1.165) is 34.0 Å². The molecule has 1 aromatic carbocycles. The number of phenols is 1. The zero-order valence-corrected chi connectivity index (χ0v) is 17.7. The van der Waals surface area contributed by atoms with Crippen molar-refractivity contribution in [1.82, 2.24) is 30.3 Å². The third-order valence-electron chi connectivity index (χ3n) is 5.70. The fraction of sp³-hybridized carbons (Fsp3) is 0.333. The monoisotopic (exact) mass is 421 g/mol. The van der Waals surface area contributed by atoms with Gasteiger partial charge in [0.25, 0.3) is 0 Å². The molecular formula is C21H23N7OS. The van der Waals surface area contributed by atoms with Gasteiger partial charge in [0.05, 0.1) is 16.6 Å². The molecule has 0 radical (unpaired) electrons. The minimum atomic E-state index is 0.162. The number of likely N-dealkylation sites (tertiary alicyclic amines) is 1. The van der Waals surface area contributed by atoms with Crippen LogP contribution in [0.3, 0.4) is 0 Å². The molecule has 0 bridgehead atoms. The van der Waals surface area contributed by atoms with Crippen LogP contribution in [-0.4, -0.2) is 68.6 Å². The maximum atomic E-state index is 10.6. The number of aromatic hydroxyl groups is 1. The van der Waals surface area contributed by atoms with Crippen molar-refractivity contribution in [1.29, 1.82) is 0 Å². The van der Waals surface area contributed by atoms with Crippen molar-refractivity contribution in [2.75, 3.05) is 32.1 Å². The lowest BCUT2D eigenvalue weighted by atomic mass is 10.0. The summed E-state index contributed by atoms with van der Waals surface area (Å²) >= 11 is 1.62. The van der Waals surface area contributed by atoms with Crippen molar-refractivity contribution in [3.8, 4) is 28.1 Å². The number of rotatable bonds is 4. The van der Waals surface area contributed by atoms with Gasteiger partial charge in [0.1, 0.15) is 5.75 Å². The Morgan fingerprint density at radius 3 is 2.90 bits per heavy atom. The predicted octanol–water partition coefficient (Wildman–Crippen LogP) is 3.38. The third-order valence-corrected chi connectivity index (χ3v) is 6.78. The number of nitrogens with zero attached hydrogens (tertiary/aromatic N) is 6. The van der Waals surface area contributed by atoms with Crippen molar-refractivity contribution >= 4 is 26.8 Å². The molecule has 0 aliphatic carbocycles. The molecule has 1 aliphatic rings. The lowest BCUT2D eigenvalue weighted by molar-refractivity contribution is 0.248. The summed E-state index contributed by atoms with van der Waals surface area (Å²) in [5.41, 5.74) is 3.73. The van der Waals surface area contributed by atoms with Gasteiger partial charge >= 0.3 is 0 Å². The van der Waals surface area contributed by atoms with Crippen molar-refractivity contribution < 1.29 is 5.11 Å². The summed E-state index contributed by atoms with van der Waals surface area (Å²) < 4.78 is 0.962. The van der Waals surface area contributed by atoms with E-state index in [1.54, 1.807) is 29.8 Å². The van der Waals surface area contributed by atoms with Crippen LogP contribution in [0.25, 0.3) is 32.7 Å². The number of anilines is 1. The van der Waals surface area contributed by atoms with E-state index in [1.807, 2.05) is 18.2 Å². The Balaban J connectivity index is 1.44.